The zero-order valence-electron chi connectivity index (χ0n) is 24.1. The van der Waals surface area contributed by atoms with Crippen LogP contribution in [0.25, 0.3) is 10.9 Å². The van der Waals surface area contributed by atoms with E-state index in [2.05, 4.69) is 93.8 Å². The van der Waals surface area contributed by atoms with Gasteiger partial charge in [-0.2, -0.15) is 0 Å². The summed E-state index contributed by atoms with van der Waals surface area (Å²) in [5.41, 5.74) is 5.85. The molecule has 1 unspecified atom stereocenters. The van der Waals surface area contributed by atoms with Crippen molar-refractivity contribution in [3.8, 4) is 5.75 Å². The summed E-state index contributed by atoms with van der Waals surface area (Å²) >= 11 is 0. The fourth-order valence-electron chi connectivity index (χ4n) is 6.03. The molecular weight excluding hydrogens is 518 g/mol. The highest BCUT2D eigenvalue weighted by Crippen LogP contribution is 2.36. The maximum Gasteiger partial charge on any atom is 0.220 e. The number of carbonyl (C=O) groups excluding carboxylic acids is 1. The minimum absolute atomic E-state index is 0.0816. The molecule has 1 aliphatic heterocycles. The second-order valence-corrected chi connectivity index (χ2v) is 11.2. The summed E-state index contributed by atoms with van der Waals surface area (Å²) in [7, 11) is 0. The third-order valence-electron chi connectivity index (χ3n) is 8.26. The van der Waals surface area contributed by atoms with Gasteiger partial charge >= 0.3 is 0 Å². The Morgan fingerprint density at radius 2 is 1.45 bits per heavy atom. The number of fused-ring (bicyclic) bond motifs is 1. The maximum absolute atomic E-state index is 13.4. The third-order valence-corrected chi connectivity index (χ3v) is 8.26. The lowest BCUT2D eigenvalue weighted by Gasteiger charge is -2.19. The predicted octanol–water partition coefficient (Wildman–Crippen LogP) is 7.00. The van der Waals surface area contributed by atoms with E-state index >= 15 is 0 Å². The standard InChI is InChI=1S/C37H39N3O2/c41-37(38-21-24-39-22-9-10-23-39)25-34(31-17-19-32(20-18-31)42-28-30-13-5-2-6-14-30)35-27-40(26-29-11-3-1-4-12-29)36-16-8-7-15-33(35)36/h1-8,11-20,27,34H,9-10,21-26,28H2,(H,38,41). The fourth-order valence-corrected chi connectivity index (χ4v) is 6.03. The summed E-state index contributed by atoms with van der Waals surface area (Å²) in [5, 5.41) is 4.40. The van der Waals surface area contributed by atoms with Crippen LogP contribution in [0.4, 0.5) is 0 Å². The Morgan fingerprint density at radius 3 is 2.19 bits per heavy atom. The van der Waals surface area contributed by atoms with Crippen LogP contribution in [-0.4, -0.2) is 41.6 Å². The van der Waals surface area contributed by atoms with Gasteiger partial charge in [0.25, 0.3) is 0 Å². The van der Waals surface area contributed by atoms with Gasteiger partial charge in [-0.15, -0.1) is 0 Å². The summed E-state index contributed by atoms with van der Waals surface area (Å²) in [6.45, 7) is 5.18. The molecule has 1 N–H and O–H groups in total. The molecule has 5 heteroatoms. The molecule has 1 fully saturated rings. The van der Waals surface area contributed by atoms with Gasteiger partial charge in [0.2, 0.25) is 5.91 Å². The van der Waals surface area contributed by atoms with Crippen LogP contribution in [0, 0.1) is 0 Å². The molecule has 214 valence electrons. The van der Waals surface area contributed by atoms with Crippen LogP contribution in [0.2, 0.25) is 0 Å². The molecule has 1 saturated heterocycles. The van der Waals surface area contributed by atoms with Crippen LogP contribution in [0.3, 0.4) is 0 Å². The smallest absolute Gasteiger partial charge is 0.220 e. The Kier molecular flexibility index (Phi) is 8.96. The first-order chi connectivity index (χ1) is 20.7. The highest BCUT2D eigenvalue weighted by Gasteiger charge is 2.23. The average molecular weight is 558 g/mol. The number of aromatic nitrogens is 1. The lowest BCUT2D eigenvalue weighted by molar-refractivity contribution is -0.121. The summed E-state index contributed by atoms with van der Waals surface area (Å²) < 4.78 is 8.38. The molecule has 0 radical (unpaired) electrons. The van der Waals surface area contributed by atoms with E-state index in [4.69, 9.17) is 4.74 Å². The van der Waals surface area contributed by atoms with E-state index in [1.807, 2.05) is 36.4 Å². The molecule has 1 aliphatic rings. The number of benzene rings is 4. The van der Waals surface area contributed by atoms with E-state index in [0.717, 1.165) is 43.1 Å². The van der Waals surface area contributed by atoms with E-state index in [0.29, 0.717) is 19.6 Å². The van der Waals surface area contributed by atoms with Gasteiger partial charge in [0.05, 0.1) is 0 Å². The number of nitrogens with zero attached hydrogens (tertiary/aromatic N) is 2. The molecule has 1 amide bonds. The van der Waals surface area contributed by atoms with Gasteiger partial charge < -0.3 is 19.5 Å². The van der Waals surface area contributed by atoms with Crippen molar-refractivity contribution in [2.75, 3.05) is 26.2 Å². The molecule has 6 rings (SSSR count). The molecule has 2 heterocycles. The number of likely N-dealkylation sites (tertiary alicyclic amines) is 1. The Morgan fingerprint density at radius 1 is 0.786 bits per heavy atom. The molecule has 0 saturated carbocycles. The zero-order chi connectivity index (χ0) is 28.6. The first-order valence-electron chi connectivity index (χ1n) is 15.1. The minimum atomic E-state index is -0.0816. The predicted molar refractivity (Wildman–Crippen MR) is 170 cm³/mol. The number of nitrogens with one attached hydrogen (secondary N) is 1. The Labute approximate surface area is 248 Å². The largest absolute Gasteiger partial charge is 0.489 e. The van der Waals surface area contributed by atoms with Crippen LogP contribution in [0.15, 0.2) is 115 Å². The number of carbonyl (C=O) groups is 1. The molecule has 0 aliphatic carbocycles. The SMILES string of the molecule is O=C(CC(c1ccc(OCc2ccccc2)cc1)c1cn(Cc2ccccc2)c2ccccc12)NCCN1CCCC1. The minimum Gasteiger partial charge on any atom is -0.489 e. The number of para-hydroxylation sites is 1. The van der Waals surface area contributed by atoms with Gasteiger partial charge in [-0.25, -0.2) is 0 Å². The van der Waals surface area contributed by atoms with E-state index in [-0.39, 0.29) is 11.8 Å². The molecular formula is C37H39N3O2. The van der Waals surface area contributed by atoms with E-state index in [9.17, 15) is 4.79 Å². The van der Waals surface area contributed by atoms with Gasteiger partial charge in [-0.1, -0.05) is 91.0 Å². The van der Waals surface area contributed by atoms with E-state index in [1.54, 1.807) is 0 Å². The van der Waals surface area contributed by atoms with Crippen molar-refractivity contribution < 1.29 is 9.53 Å². The van der Waals surface area contributed by atoms with Gasteiger partial charge in [0.1, 0.15) is 12.4 Å². The number of hydrogen-bond donors (Lipinski definition) is 1. The number of amides is 1. The molecule has 42 heavy (non-hydrogen) atoms. The average Bonchev–Trinajstić information content (AvgIpc) is 3.69. The highest BCUT2D eigenvalue weighted by molar-refractivity contribution is 5.86. The second kappa shape index (κ2) is 13.5. The van der Waals surface area contributed by atoms with Crippen molar-refractivity contribution in [1.82, 2.24) is 14.8 Å². The van der Waals surface area contributed by atoms with Crippen molar-refractivity contribution in [2.24, 2.45) is 0 Å². The monoisotopic (exact) mass is 557 g/mol. The van der Waals surface area contributed by atoms with Gasteiger partial charge in [-0.3, -0.25) is 4.79 Å². The quantitative estimate of drug-likeness (QED) is 0.180. The summed E-state index contributed by atoms with van der Waals surface area (Å²) in [4.78, 5) is 15.8. The molecule has 1 aromatic heterocycles. The van der Waals surface area contributed by atoms with Crippen molar-refractivity contribution in [3.05, 3.63) is 138 Å². The van der Waals surface area contributed by atoms with Crippen LogP contribution in [0.5, 0.6) is 5.75 Å². The van der Waals surface area contributed by atoms with E-state index in [1.165, 1.54) is 34.9 Å². The maximum atomic E-state index is 13.4. The first kappa shape index (κ1) is 27.8. The Balaban J connectivity index is 1.26. The van der Waals surface area contributed by atoms with Gasteiger partial charge in [0, 0.05) is 49.1 Å². The Bertz CT molecular complexity index is 1570. The van der Waals surface area contributed by atoms with Crippen LogP contribution >= 0.6 is 0 Å². The second-order valence-electron chi connectivity index (χ2n) is 11.2. The topological polar surface area (TPSA) is 46.5 Å². The lowest BCUT2D eigenvalue weighted by atomic mass is 9.88. The van der Waals surface area contributed by atoms with Crippen molar-refractivity contribution in [1.29, 1.82) is 0 Å². The summed E-state index contributed by atoms with van der Waals surface area (Å²) in [6.07, 6.45) is 5.16. The van der Waals surface area contributed by atoms with Crippen molar-refractivity contribution in [2.45, 2.75) is 38.3 Å². The number of ether oxygens (including phenoxy) is 1. The van der Waals surface area contributed by atoms with Crippen LogP contribution in [0.1, 0.15) is 47.4 Å². The molecule has 1 atom stereocenters. The fraction of sp³-hybridized carbons (Fsp3) is 0.270. The Hall–Kier alpha value is -4.35. The molecule has 5 aromatic rings. The van der Waals surface area contributed by atoms with Gasteiger partial charge in [0.15, 0.2) is 0 Å². The molecule has 0 bridgehead atoms. The van der Waals surface area contributed by atoms with Crippen molar-refractivity contribution >= 4 is 16.8 Å². The zero-order valence-corrected chi connectivity index (χ0v) is 24.1. The normalized spacial score (nSPS) is 14.2. The summed E-state index contributed by atoms with van der Waals surface area (Å²) in [5.74, 6) is 0.827. The summed E-state index contributed by atoms with van der Waals surface area (Å²) in [6, 6.07) is 37.6. The first-order valence-corrected chi connectivity index (χ1v) is 15.1. The highest BCUT2D eigenvalue weighted by atomic mass is 16.5. The lowest BCUT2D eigenvalue weighted by Crippen LogP contribution is -2.34. The third kappa shape index (κ3) is 6.92. The van der Waals surface area contributed by atoms with Crippen LogP contribution in [-0.2, 0) is 17.9 Å². The number of rotatable bonds is 12. The molecule has 0 spiro atoms. The van der Waals surface area contributed by atoms with Crippen molar-refractivity contribution in [3.63, 3.8) is 0 Å². The van der Waals surface area contributed by atoms with E-state index < -0.39 is 0 Å². The molecule has 4 aromatic carbocycles. The molecule has 5 nitrogen and oxygen atoms in total. The van der Waals surface area contributed by atoms with Gasteiger partial charge in [-0.05, 0) is 66.4 Å². The number of hydrogen-bond acceptors (Lipinski definition) is 3. The van der Waals surface area contributed by atoms with Crippen LogP contribution < -0.4 is 10.1 Å².